The van der Waals surface area contributed by atoms with E-state index in [1.807, 2.05) is 30.3 Å². The predicted octanol–water partition coefficient (Wildman–Crippen LogP) is 3.99. The molecule has 4 heteroatoms. The van der Waals surface area contributed by atoms with E-state index in [4.69, 9.17) is 23.2 Å². The standard InChI is InChI=1S/C13H11Cl2NO/c14-10-6-8-12(9-7-10)16(13(15)17)11-4-2-1-3-5-11/h1-9,13,17H. The third kappa shape index (κ3) is 2.91. The van der Waals surface area contributed by atoms with Crippen molar-refractivity contribution in [3.05, 3.63) is 59.6 Å². The molecule has 0 amide bonds. The minimum Gasteiger partial charge on any atom is -0.360 e. The number of rotatable bonds is 3. The number of aliphatic hydroxyl groups is 1. The number of hydrogen-bond donors (Lipinski definition) is 1. The minimum absolute atomic E-state index is 0.644. The van der Waals surface area contributed by atoms with Crippen LogP contribution in [0.25, 0.3) is 0 Å². The monoisotopic (exact) mass is 267 g/mol. The highest BCUT2D eigenvalue weighted by Gasteiger charge is 2.15. The molecule has 2 nitrogen and oxygen atoms in total. The Hall–Kier alpha value is -1.22. The van der Waals surface area contributed by atoms with Gasteiger partial charge in [0.2, 0.25) is 5.69 Å². The SMILES string of the molecule is OC(Cl)N(c1ccccc1)c1ccc(Cl)cc1. The first-order valence-corrected chi connectivity index (χ1v) is 5.92. The Kier molecular flexibility index (Phi) is 3.89. The molecule has 2 rings (SSSR count). The van der Waals surface area contributed by atoms with Gasteiger partial charge in [-0.3, -0.25) is 0 Å². The number of nitrogens with zero attached hydrogens (tertiary/aromatic N) is 1. The molecule has 0 aliphatic heterocycles. The van der Waals surface area contributed by atoms with Gasteiger partial charge in [-0.1, -0.05) is 41.4 Å². The number of anilines is 2. The van der Waals surface area contributed by atoms with Crippen LogP contribution >= 0.6 is 23.2 Å². The molecule has 1 N–H and O–H groups in total. The summed E-state index contributed by atoms with van der Waals surface area (Å²) in [6.45, 7) is 0. The van der Waals surface area contributed by atoms with E-state index in [0.717, 1.165) is 11.4 Å². The van der Waals surface area contributed by atoms with E-state index in [9.17, 15) is 5.11 Å². The smallest absolute Gasteiger partial charge is 0.209 e. The number of alkyl halides is 1. The number of hydrogen-bond acceptors (Lipinski definition) is 2. The maximum atomic E-state index is 9.65. The number of halogens is 2. The number of para-hydroxylation sites is 1. The highest BCUT2D eigenvalue weighted by molar-refractivity contribution is 6.30. The van der Waals surface area contributed by atoms with Crippen LogP contribution in [0.2, 0.25) is 5.02 Å². The van der Waals surface area contributed by atoms with Crippen molar-refractivity contribution in [2.24, 2.45) is 0 Å². The van der Waals surface area contributed by atoms with Crippen LogP contribution in [0.3, 0.4) is 0 Å². The first-order valence-electron chi connectivity index (χ1n) is 5.10. The lowest BCUT2D eigenvalue weighted by atomic mass is 10.2. The van der Waals surface area contributed by atoms with Gasteiger partial charge in [-0.25, -0.2) is 0 Å². The Balaban J connectivity index is 2.39. The second-order valence-electron chi connectivity index (χ2n) is 3.49. The zero-order chi connectivity index (χ0) is 12.3. The van der Waals surface area contributed by atoms with Crippen molar-refractivity contribution in [3.63, 3.8) is 0 Å². The van der Waals surface area contributed by atoms with Crippen molar-refractivity contribution >= 4 is 34.6 Å². The Morgan fingerprint density at radius 2 is 1.41 bits per heavy atom. The van der Waals surface area contributed by atoms with Crippen molar-refractivity contribution in [1.29, 1.82) is 0 Å². The molecular weight excluding hydrogens is 257 g/mol. The van der Waals surface area contributed by atoms with E-state index in [-0.39, 0.29) is 0 Å². The maximum absolute atomic E-state index is 9.65. The summed E-state index contributed by atoms with van der Waals surface area (Å²) in [5, 5.41) is 10.3. The third-order valence-electron chi connectivity index (χ3n) is 2.35. The second-order valence-corrected chi connectivity index (χ2v) is 4.32. The molecule has 0 radical (unpaired) electrons. The fraction of sp³-hybridized carbons (Fsp3) is 0.0769. The number of aliphatic hydroxyl groups excluding tert-OH is 1. The van der Waals surface area contributed by atoms with Crippen LogP contribution in [0, 0.1) is 0 Å². The van der Waals surface area contributed by atoms with Crippen LogP contribution < -0.4 is 4.90 Å². The van der Waals surface area contributed by atoms with Gasteiger partial charge in [0.1, 0.15) is 0 Å². The first-order chi connectivity index (χ1) is 8.18. The molecule has 2 aromatic carbocycles. The van der Waals surface area contributed by atoms with E-state index < -0.39 is 5.69 Å². The van der Waals surface area contributed by atoms with Crippen molar-refractivity contribution < 1.29 is 5.11 Å². The topological polar surface area (TPSA) is 23.5 Å². The van der Waals surface area contributed by atoms with Crippen molar-refractivity contribution in [3.8, 4) is 0 Å². The van der Waals surface area contributed by atoms with Crippen LogP contribution in [0.5, 0.6) is 0 Å². The lowest BCUT2D eigenvalue weighted by Gasteiger charge is -2.26. The Morgan fingerprint density at radius 3 is 1.94 bits per heavy atom. The zero-order valence-electron chi connectivity index (χ0n) is 8.92. The molecule has 0 aliphatic carbocycles. The molecule has 0 fully saturated rings. The molecule has 0 aliphatic rings. The molecule has 88 valence electrons. The van der Waals surface area contributed by atoms with Crippen LogP contribution in [-0.2, 0) is 0 Å². The zero-order valence-corrected chi connectivity index (χ0v) is 10.4. The van der Waals surface area contributed by atoms with E-state index in [0.29, 0.717) is 5.02 Å². The van der Waals surface area contributed by atoms with Crippen LogP contribution in [0.1, 0.15) is 0 Å². The highest BCUT2D eigenvalue weighted by Crippen LogP contribution is 2.29. The third-order valence-corrected chi connectivity index (χ3v) is 2.80. The van der Waals surface area contributed by atoms with Gasteiger partial charge in [0.05, 0.1) is 0 Å². The molecule has 17 heavy (non-hydrogen) atoms. The molecule has 1 unspecified atom stereocenters. The fourth-order valence-corrected chi connectivity index (χ4v) is 1.94. The maximum Gasteiger partial charge on any atom is 0.209 e. The lowest BCUT2D eigenvalue weighted by molar-refractivity contribution is 0.262. The predicted molar refractivity (Wildman–Crippen MR) is 71.9 cm³/mol. The van der Waals surface area contributed by atoms with E-state index in [2.05, 4.69) is 0 Å². The van der Waals surface area contributed by atoms with Crippen molar-refractivity contribution in [1.82, 2.24) is 0 Å². The van der Waals surface area contributed by atoms with Gasteiger partial charge in [0.25, 0.3) is 0 Å². The molecule has 1 atom stereocenters. The molecule has 0 saturated carbocycles. The van der Waals surface area contributed by atoms with Gasteiger partial charge in [-0.05, 0) is 36.4 Å². The van der Waals surface area contributed by atoms with Crippen LogP contribution in [0.4, 0.5) is 11.4 Å². The molecule has 0 saturated heterocycles. The molecule has 0 aromatic heterocycles. The van der Waals surface area contributed by atoms with Gasteiger partial charge in [0.15, 0.2) is 0 Å². The summed E-state index contributed by atoms with van der Waals surface area (Å²) >= 11 is 11.6. The van der Waals surface area contributed by atoms with Crippen molar-refractivity contribution in [2.45, 2.75) is 5.69 Å². The largest absolute Gasteiger partial charge is 0.360 e. The summed E-state index contributed by atoms with van der Waals surface area (Å²) in [6, 6.07) is 16.6. The van der Waals surface area contributed by atoms with Gasteiger partial charge in [-0.2, -0.15) is 0 Å². The average molecular weight is 268 g/mol. The normalized spacial score (nSPS) is 12.2. The van der Waals surface area contributed by atoms with Gasteiger partial charge >= 0.3 is 0 Å². The van der Waals surface area contributed by atoms with Crippen LogP contribution in [-0.4, -0.2) is 10.8 Å². The highest BCUT2D eigenvalue weighted by atomic mass is 35.5. The summed E-state index contributed by atoms with van der Waals surface area (Å²) in [6.07, 6.45) is 0. The molecular formula is C13H11Cl2NO. The van der Waals surface area contributed by atoms with Crippen molar-refractivity contribution in [2.75, 3.05) is 4.90 Å². The van der Waals surface area contributed by atoms with Gasteiger partial charge in [0, 0.05) is 16.4 Å². The summed E-state index contributed by atoms with van der Waals surface area (Å²) in [5.41, 5.74) is 0.471. The number of benzene rings is 2. The minimum atomic E-state index is -1.13. The van der Waals surface area contributed by atoms with E-state index in [1.54, 1.807) is 29.2 Å². The quantitative estimate of drug-likeness (QED) is 0.517. The first kappa shape index (κ1) is 12.2. The summed E-state index contributed by atoms with van der Waals surface area (Å²) < 4.78 is 0. The van der Waals surface area contributed by atoms with Crippen LogP contribution in [0.15, 0.2) is 54.6 Å². The van der Waals surface area contributed by atoms with E-state index >= 15 is 0 Å². The molecule has 0 bridgehead atoms. The summed E-state index contributed by atoms with van der Waals surface area (Å²) in [7, 11) is 0. The van der Waals surface area contributed by atoms with Gasteiger partial charge < -0.3 is 10.0 Å². The summed E-state index contributed by atoms with van der Waals surface area (Å²) in [5.74, 6) is 0. The van der Waals surface area contributed by atoms with Gasteiger partial charge in [-0.15, -0.1) is 0 Å². The summed E-state index contributed by atoms with van der Waals surface area (Å²) in [4.78, 5) is 1.61. The lowest BCUT2D eigenvalue weighted by Crippen LogP contribution is -2.25. The average Bonchev–Trinajstić information content (AvgIpc) is 2.33. The Morgan fingerprint density at radius 1 is 0.882 bits per heavy atom. The molecule has 2 aromatic rings. The Bertz CT molecular complexity index is 471. The molecule has 0 spiro atoms. The second kappa shape index (κ2) is 5.41. The Labute approximate surface area is 110 Å². The molecule has 0 heterocycles. The van der Waals surface area contributed by atoms with E-state index in [1.165, 1.54) is 0 Å². The fourth-order valence-electron chi connectivity index (χ4n) is 1.59.